The third-order valence-electron chi connectivity index (χ3n) is 8.12. The van der Waals surface area contributed by atoms with Gasteiger partial charge in [-0.2, -0.15) is 33.1 Å². The second kappa shape index (κ2) is 52.3. The number of hydrogen-bond acceptors (Lipinski definition) is 9. The van der Waals surface area contributed by atoms with Crippen molar-refractivity contribution in [2.45, 2.75) is 138 Å². The van der Waals surface area contributed by atoms with Gasteiger partial charge in [-0.15, -0.1) is 0 Å². The van der Waals surface area contributed by atoms with Crippen LogP contribution in [0.5, 0.6) is 0 Å². The van der Waals surface area contributed by atoms with Gasteiger partial charge in [0.1, 0.15) is 11.0 Å². The van der Waals surface area contributed by atoms with Gasteiger partial charge in [0.15, 0.2) is 31.0 Å². The Balaban J connectivity index is -0.000000259. The summed E-state index contributed by atoms with van der Waals surface area (Å²) in [7, 11) is 0. The van der Waals surface area contributed by atoms with Gasteiger partial charge in [0.05, 0.1) is 6.20 Å². The maximum absolute atomic E-state index is 11.1. The molecule has 16 nitrogen and oxygen atoms in total. The fraction of sp³-hybridized carbons (Fsp3) is 0.328. The van der Waals surface area contributed by atoms with Crippen molar-refractivity contribution in [2.75, 3.05) is 0 Å². The number of benzene rings is 3. The van der Waals surface area contributed by atoms with Crippen LogP contribution in [0.1, 0.15) is 138 Å². The number of fused-ring (bicyclic) bond motifs is 5. The summed E-state index contributed by atoms with van der Waals surface area (Å²) < 4.78 is 5.17. The van der Waals surface area contributed by atoms with Crippen LogP contribution in [0.2, 0.25) is 0 Å². The van der Waals surface area contributed by atoms with Crippen LogP contribution in [0.25, 0.3) is 55.0 Å². The lowest BCUT2D eigenvalue weighted by atomic mass is 10.2. The van der Waals surface area contributed by atoms with Gasteiger partial charge >= 0.3 is 0 Å². The molecule has 10 rings (SSSR count). The Morgan fingerprint density at radius 3 is 0.857 bits per heavy atom. The Bertz CT molecular complexity index is 2630. The standard InChI is InChI=1S/C9H7NO.2C8H6N2O2.2C8H6N2O.10C2H6/c11-10-7-3-5-8-4-1-2-6-9(8)10;11-9-5-1-3-7-8(9)4-2-6-10(7)12;11-9-5-6-10(12)8-4-2-1-3-7(8)9;11-10-6-2-3-7-8(10)4-1-5-9-7;11-10-6-5-9-7-3-1-2-4-8(7)10;10*1-2/h1-7H;2*1-6H;2*1-6H;10*1-2H3. The molecule has 0 aliphatic rings. The smallest absolute Gasteiger partial charge is 0.290 e. The quantitative estimate of drug-likeness (QED) is 0.104. The topological polar surface area (TPSA) is 214 Å². The van der Waals surface area contributed by atoms with Crippen LogP contribution in [0.15, 0.2) is 189 Å². The van der Waals surface area contributed by atoms with E-state index in [4.69, 9.17) is 0 Å². The van der Waals surface area contributed by atoms with Crippen LogP contribution < -0.4 is 33.1 Å². The molecule has 16 heteroatoms. The van der Waals surface area contributed by atoms with Gasteiger partial charge in [-0.25, -0.2) is 9.97 Å². The Morgan fingerprint density at radius 1 is 0.221 bits per heavy atom. The van der Waals surface area contributed by atoms with Gasteiger partial charge < -0.3 is 36.5 Å². The van der Waals surface area contributed by atoms with Gasteiger partial charge in [-0.1, -0.05) is 175 Å². The van der Waals surface area contributed by atoms with Crippen molar-refractivity contribution in [3.63, 3.8) is 0 Å². The van der Waals surface area contributed by atoms with Crippen molar-refractivity contribution >= 4 is 55.0 Å². The van der Waals surface area contributed by atoms with E-state index >= 15 is 0 Å². The van der Waals surface area contributed by atoms with Crippen molar-refractivity contribution in [2.24, 2.45) is 0 Å². The lowest BCUT2D eigenvalue weighted by Crippen LogP contribution is -2.36. The van der Waals surface area contributed by atoms with Crippen LogP contribution in [0.4, 0.5) is 0 Å². The minimum Gasteiger partial charge on any atom is -0.618 e. The van der Waals surface area contributed by atoms with E-state index in [0.29, 0.717) is 52.0 Å². The Labute approximate surface area is 460 Å². The molecule has 0 N–H and O–H groups in total. The number of para-hydroxylation sites is 5. The molecule has 0 amide bonds. The summed E-state index contributed by atoms with van der Waals surface area (Å²) in [5.41, 5.74) is 4.92. The van der Waals surface area contributed by atoms with Crippen LogP contribution in [-0.4, -0.2) is 9.97 Å². The molecular weight excluding hydrogens is 971 g/mol. The molecule has 0 saturated heterocycles. The molecule has 10 aromatic rings. The largest absolute Gasteiger partial charge is 0.618 e. The van der Waals surface area contributed by atoms with Gasteiger partial charge in [-0.3, -0.25) is 0 Å². The molecule has 0 fully saturated rings. The monoisotopic (exact) mass is 1060 g/mol. The van der Waals surface area contributed by atoms with Crippen molar-refractivity contribution in [1.82, 2.24) is 9.97 Å². The van der Waals surface area contributed by atoms with E-state index < -0.39 is 0 Å². The van der Waals surface area contributed by atoms with Crippen molar-refractivity contribution in [3.8, 4) is 0 Å². The second-order valence-corrected chi connectivity index (χ2v) is 11.8. The molecule has 0 aliphatic heterocycles. The molecule has 0 bridgehead atoms. The van der Waals surface area contributed by atoms with Gasteiger partial charge in [0.25, 0.3) is 22.1 Å². The number of pyridine rings is 5. The predicted octanol–water partition coefficient (Wildman–Crippen LogP) is 13.7. The van der Waals surface area contributed by atoms with E-state index in [2.05, 4.69) is 9.97 Å². The van der Waals surface area contributed by atoms with E-state index in [-0.39, 0.29) is 0 Å². The first-order valence-electron chi connectivity index (χ1n) is 27.0. The summed E-state index contributed by atoms with van der Waals surface area (Å²) in [6.45, 7) is 40.0. The van der Waals surface area contributed by atoms with E-state index in [0.717, 1.165) is 36.1 Å². The average Bonchev–Trinajstić information content (AvgIpc) is 3.53. The first kappa shape index (κ1) is 77.4. The number of nitrogens with zero attached hydrogens (tertiary/aromatic N) is 9. The highest BCUT2D eigenvalue weighted by Gasteiger charge is 2.10. The normalized spacial score (nSPS) is 8.36. The summed E-state index contributed by atoms with van der Waals surface area (Å²) in [5, 5.41) is 78.6. The predicted molar refractivity (Wildman–Crippen MR) is 322 cm³/mol. The summed E-state index contributed by atoms with van der Waals surface area (Å²) in [4.78, 5) is 8.04. The van der Waals surface area contributed by atoms with E-state index in [1.807, 2.05) is 193 Å². The maximum atomic E-state index is 11.1. The van der Waals surface area contributed by atoms with Crippen LogP contribution >= 0.6 is 0 Å². The minimum absolute atomic E-state index is 0.384. The van der Waals surface area contributed by atoms with Crippen LogP contribution in [0, 0.1) is 36.5 Å². The molecule has 0 unspecified atom stereocenters. The summed E-state index contributed by atoms with van der Waals surface area (Å²) >= 11 is 0. The number of hydrogen-bond donors (Lipinski definition) is 0. The second-order valence-electron chi connectivity index (χ2n) is 11.8. The first-order valence-corrected chi connectivity index (χ1v) is 27.0. The number of rotatable bonds is 0. The average molecular weight is 1060 g/mol. The van der Waals surface area contributed by atoms with Gasteiger partial charge in [-0.05, 0) is 30.3 Å². The fourth-order valence-electron chi connectivity index (χ4n) is 5.41. The highest BCUT2D eigenvalue weighted by molar-refractivity contribution is 5.75. The molecule has 0 saturated carbocycles. The molecule has 422 valence electrons. The zero-order valence-electron chi connectivity index (χ0n) is 49.8. The summed E-state index contributed by atoms with van der Waals surface area (Å²) in [5.74, 6) is 0. The molecule has 0 spiro atoms. The molecule has 7 aromatic heterocycles. The minimum atomic E-state index is 0.384. The molecule has 3 aromatic carbocycles. The Hall–Kier alpha value is -8.53. The summed E-state index contributed by atoms with van der Waals surface area (Å²) in [6, 6.07) is 38.3. The van der Waals surface area contributed by atoms with Gasteiger partial charge in [0.2, 0.25) is 28.9 Å². The SMILES string of the molecule is CC.CC.CC.CC.CC.CC.CC.CC.CC.CC.[O-][n+]1cc[n+]([O-])c2ccccc21.[O-][n+]1cccc2c1ccc[n+]2[O-].[O-][n+]1cccc2ccccc21.[O-][n+]1cccc2ncccc21.[O-][n+]1ccnc2ccccc21. The van der Waals surface area contributed by atoms with Crippen molar-refractivity contribution < 1.29 is 33.1 Å². The Morgan fingerprint density at radius 2 is 0.455 bits per heavy atom. The van der Waals surface area contributed by atoms with Crippen molar-refractivity contribution in [1.29, 1.82) is 0 Å². The molecule has 77 heavy (non-hydrogen) atoms. The van der Waals surface area contributed by atoms with E-state index in [1.165, 1.54) is 49.6 Å². The fourth-order valence-corrected chi connectivity index (χ4v) is 5.41. The molecule has 0 aliphatic carbocycles. The third-order valence-corrected chi connectivity index (χ3v) is 8.12. The lowest BCUT2D eigenvalue weighted by Gasteiger charge is -2.00. The molecule has 7 heterocycles. The van der Waals surface area contributed by atoms with E-state index in [9.17, 15) is 36.5 Å². The van der Waals surface area contributed by atoms with Crippen molar-refractivity contribution in [3.05, 3.63) is 226 Å². The van der Waals surface area contributed by atoms with Crippen LogP contribution in [0.3, 0.4) is 0 Å². The number of aromatic nitrogens is 9. The van der Waals surface area contributed by atoms with Gasteiger partial charge in [0, 0.05) is 78.3 Å². The third kappa shape index (κ3) is 27.5. The molecular formula is C61H91N9O7. The lowest BCUT2D eigenvalue weighted by molar-refractivity contribution is -0.628. The highest BCUT2D eigenvalue weighted by atomic mass is 16.5. The molecule has 0 atom stereocenters. The summed E-state index contributed by atoms with van der Waals surface area (Å²) in [6.07, 6.45) is 12.6. The molecule has 0 radical (unpaired) electrons. The zero-order valence-corrected chi connectivity index (χ0v) is 49.8. The highest BCUT2D eigenvalue weighted by Crippen LogP contribution is 2.07. The Kier molecular flexibility index (Phi) is 52.6. The zero-order chi connectivity index (χ0) is 60.1. The van der Waals surface area contributed by atoms with E-state index in [1.54, 1.807) is 85.1 Å². The van der Waals surface area contributed by atoms with Crippen LogP contribution in [-0.2, 0) is 0 Å². The maximum Gasteiger partial charge on any atom is 0.290 e. The first-order chi connectivity index (χ1) is 37.7.